The van der Waals surface area contributed by atoms with Gasteiger partial charge in [0.1, 0.15) is 11.6 Å². The molecule has 122 valence electrons. The van der Waals surface area contributed by atoms with Crippen LogP contribution in [0.25, 0.3) is 0 Å². The van der Waals surface area contributed by atoms with Gasteiger partial charge in [0.2, 0.25) is 0 Å². The summed E-state index contributed by atoms with van der Waals surface area (Å²) in [5.41, 5.74) is 0.951. The van der Waals surface area contributed by atoms with Gasteiger partial charge in [-0.25, -0.2) is 4.39 Å². The fourth-order valence-corrected chi connectivity index (χ4v) is 2.33. The Kier molecular flexibility index (Phi) is 4.56. The number of para-hydroxylation sites is 1. The zero-order chi connectivity index (χ0) is 16.9. The third kappa shape index (κ3) is 3.43. The molecule has 0 radical (unpaired) electrons. The van der Waals surface area contributed by atoms with Gasteiger partial charge in [-0.1, -0.05) is 30.3 Å². The van der Waals surface area contributed by atoms with Crippen molar-refractivity contribution in [2.45, 2.75) is 6.54 Å². The molecule has 1 heterocycles. The molecular formula is C18H16FN3O2. The number of carbonyl (C=O) groups excluding carboxylic acids is 1. The number of nitrogens with zero attached hydrogens (tertiary/aromatic N) is 2. The number of hydrogen-bond donors (Lipinski definition) is 1. The largest absolute Gasteiger partial charge is 0.496 e. The molecule has 1 N–H and O–H groups in total. The summed E-state index contributed by atoms with van der Waals surface area (Å²) in [6.45, 7) is 0.289. The number of nitrogens with one attached hydrogen (secondary N) is 1. The van der Waals surface area contributed by atoms with E-state index in [0.29, 0.717) is 22.7 Å². The maximum absolute atomic E-state index is 13.7. The number of anilines is 1. The lowest BCUT2D eigenvalue weighted by Gasteiger charge is -2.07. The van der Waals surface area contributed by atoms with Gasteiger partial charge in [-0.2, -0.15) is 5.10 Å². The summed E-state index contributed by atoms with van der Waals surface area (Å²) in [6, 6.07) is 15.1. The summed E-state index contributed by atoms with van der Waals surface area (Å²) < 4.78 is 20.4. The van der Waals surface area contributed by atoms with E-state index in [2.05, 4.69) is 10.4 Å². The number of methoxy groups -OCH3 is 1. The van der Waals surface area contributed by atoms with E-state index in [-0.39, 0.29) is 18.3 Å². The zero-order valence-electron chi connectivity index (χ0n) is 13.1. The minimum Gasteiger partial charge on any atom is -0.496 e. The third-order valence-electron chi connectivity index (χ3n) is 3.52. The second kappa shape index (κ2) is 6.95. The number of aromatic nitrogens is 2. The first-order valence-corrected chi connectivity index (χ1v) is 7.38. The number of carbonyl (C=O) groups is 1. The quantitative estimate of drug-likeness (QED) is 0.783. The number of benzene rings is 2. The van der Waals surface area contributed by atoms with E-state index < -0.39 is 0 Å². The monoisotopic (exact) mass is 325 g/mol. The molecule has 5 nitrogen and oxygen atoms in total. The van der Waals surface area contributed by atoms with Gasteiger partial charge in [-0.3, -0.25) is 9.48 Å². The van der Waals surface area contributed by atoms with Crippen molar-refractivity contribution < 1.29 is 13.9 Å². The van der Waals surface area contributed by atoms with Crippen LogP contribution in [-0.2, 0) is 6.54 Å². The lowest BCUT2D eigenvalue weighted by atomic mass is 10.2. The van der Waals surface area contributed by atoms with Gasteiger partial charge in [-0.05, 0) is 18.2 Å². The Bertz CT molecular complexity index is 861. The van der Waals surface area contributed by atoms with Gasteiger partial charge < -0.3 is 10.1 Å². The van der Waals surface area contributed by atoms with Crippen molar-refractivity contribution in [2.75, 3.05) is 12.4 Å². The Morgan fingerprint density at radius 1 is 1.17 bits per heavy atom. The third-order valence-corrected chi connectivity index (χ3v) is 3.52. The zero-order valence-corrected chi connectivity index (χ0v) is 13.1. The summed E-state index contributed by atoms with van der Waals surface area (Å²) in [4.78, 5) is 12.3. The highest BCUT2D eigenvalue weighted by Gasteiger charge is 2.13. The van der Waals surface area contributed by atoms with Crippen molar-refractivity contribution in [1.29, 1.82) is 0 Å². The number of hydrogen-bond acceptors (Lipinski definition) is 3. The Morgan fingerprint density at radius 2 is 1.92 bits per heavy atom. The van der Waals surface area contributed by atoms with Crippen LogP contribution in [0.1, 0.15) is 15.9 Å². The highest BCUT2D eigenvalue weighted by atomic mass is 19.1. The Balaban J connectivity index is 1.72. The first-order valence-electron chi connectivity index (χ1n) is 7.38. The van der Waals surface area contributed by atoms with Crippen LogP contribution in [0, 0.1) is 5.82 Å². The molecular weight excluding hydrogens is 309 g/mol. The van der Waals surface area contributed by atoms with E-state index in [1.54, 1.807) is 59.4 Å². The minimum atomic E-state index is -0.316. The topological polar surface area (TPSA) is 56.1 Å². The molecule has 0 aliphatic heterocycles. The van der Waals surface area contributed by atoms with Crippen molar-refractivity contribution in [2.24, 2.45) is 0 Å². The fraction of sp³-hybridized carbons (Fsp3) is 0.111. The predicted molar refractivity (Wildman–Crippen MR) is 88.7 cm³/mol. The Labute approximate surface area is 138 Å². The summed E-state index contributed by atoms with van der Waals surface area (Å²) in [5, 5.41) is 6.95. The van der Waals surface area contributed by atoms with Crippen molar-refractivity contribution in [1.82, 2.24) is 9.78 Å². The van der Waals surface area contributed by atoms with Crippen molar-refractivity contribution >= 4 is 11.7 Å². The van der Waals surface area contributed by atoms with Crippen LogP contribution in [0.4, 0.5) is 10.2 Å². The van der Waals surface area contributed by atoms with Gasteiger partial charge in [-0.15, -0.1) is 0 Å². The van der Waals surface area contributed by atoms with Crippen molar-refractivity contribution in [3.63, 3.8) is 0 Å². The van der Waals surface area contributed by atoms with Gasteiger partial charge >= 0.3 is 0 Å². The van der Waals surface area contributed by atoms with Crippen LogP contribution in [0.3, 0.4) is 0 Å². The average Bonchev–Trinajstić information content (AvgIpc) is 3.04. The summed E-state index contributed by atoms with van der Waals surface area (Å²) in [5.74, 6) is 0.277. The molecule has 0 bridgehead atoms. The van der Waals surface area contributed by atoms with E-state index in [1.807, 2.05) is 0 Å². The molecule has 24 heavy (non-hydrogen) atoms. The molecule has 0 aliphatic rings. The first-order chi connectivity index (χ1) is 11.7. The molecule has 6 heteroatoms. The van der Waals surface area contributed by atoms with Gasteiger partial charge in [0.25, 0.3) is 5.91 Å². The van der Waals surface area contributed by atoms with E-state index in [9.17, 15) is 9.18 Å². The predicted octanol–water partition coefficient (Wildman–Crippen LogP) is 3.33. The number of rotatable bonds is 5. The summed E-state index contributed by atoms with van der Waals surface area (Å²) >= 11 is 0. The second-order valence-corrected chi connectivity index (χ2v) is 5.14. The van der Waals surface area contributed by atoms with Crippen LogP contribution in [0.2, 0.25) is 0 Å². The fourth-order valence-electron chi connectivity index (χ4n) is 2.33. The standard InChI is InChI=1S/C18H16FN3O2/c1-24-16-9-5-3-7-14(16)18(23)20-17-10-11-22(21-17)12-13-6-2-4-8-15(13)19/h2-11H,12H2,1H3,(H,20,21,23). The maximum atomic E-state index is 13.7. The van der Waals surface area contributed by atoms with E-state index in [4.69, 9.17) is 4.74 Å². The van der Waals surface area contributed by atoms with Crippen molar-refractivity contribution in [3.05, 3.63) is 77.7 Å². The lowest BCUT2D eigenvalue weighted by molar-refractivity contribution is 0.102. The SMILES string of the molecule is COc1ccccc1C(=O)Nc1ccn(Cc2ccccc2F)n1. The molecule has 3 aromatic rings. The van der Waals surface area contributed by atoms with E-state index in [0.717, 1.165) is 0 Å². The molecule has 0 atom stereocenters. The highest BCUT2D eigenvalue weighted by Crippen LogP contribution is 2.18. The number of ether oxygens (including phenoxy) is 1. The Morgan fingerprint density at radius 3 is 2.71 bits per heavy atom. The van der Waals surface area contributed by atoms with Gasteiger partial charge in [0.15, 0.2) is 5.82 Å². The van der Waals surface area contributed by atoms with Crippen LogP contribution >= 0.6 is 0 Å². The molecule has 2 aromatic carbocycles. The van der Waals surface area contributed by atoms with Gasteiger partial charge in [0, 0.05) is 17.8 Å². The number of halogens is 1. The van der Waals surface area contributed by atoms with E-state index in [1.165, 1.54) is 13.2 Å². The lowest BCUT2D eigenvalue weighted by Crippen LogP contribution is -2.14. The maximum Gasteiger partial charge on any atom is 0.260 e. The second-order valence-electron chi connectivity index (χ2n) is 5.14. The normalized spacial score (nSPS) is 10.4. The first kappa shape index (κ1) is 15.7. The summed E-state index contributed by atoms with van der Waals surface area (Å²) in [6.07, 6.45) is 1.68. The van der Waals surface area contributed by atoms with Crippen LogP contribution < -0.4 is 10.1 Å². The smallest absolute Gasteiger partial charge is 0.260 e. The molecule has 0 saturated heterocycles. The molecule has 0 unspecified atom stereocenters. The molecule has 1 amide bonds. The highest BCUT2D eigenvalue weighted by molar-refractivity contribution is 6.05. The van der Waals surface area contributed by atoms with Gasteiger partial charge in [0.05, 0.1) is 19.2 Å². The molecule has 0 saturated carbocycles. The van der Waals surface area contributed by atoms with Crippen LogP contribution in [0.5, 0.6) is 5.75 Å². The molecule has 0 spiro atoms. The van der Waals surface area contributed by atoms with Crippen LogP contribution in [-0.4, -0.2) is 22.8 Å². The molecule has 1 aromatic heterocycles. The molecule has 0 fully saturated rings. The average molecular weight is 325 g/mol. The summed E-state index contributed by atoms with van der Waals surface area (Å²) in [7, 11) is 1.51. The number of amides is 1. The molecule has 3 rings (SSSR count). The van der Waals surface area contributed by atoms with E-state index >= 15 is 0 Å². The van der Waals surface area contributed by atoms with Crippen LogP contribution in [0.15, 0.2) is 60.8 Å². The Hall–Kier alpha value is -3.15. The minimum absolute atomic E-state index is 0.285. The van der Waals surface area contributed by atoms with Crippen molar-refractivity contribution in [3.8, 4) is 5.75 Å². The molecule has 0 aliphatic carbocycles.